The normalized spacial score (nSPS) is 17.5. The van der Waals surface area contributed by atoms with Crippen molar-refractivity contribution >= 4 is 28.9 Å². The van der Waals surface area contributed by atoms with Gasteiger partial charge in [0.05, 0.1) is 4.92 Å². The van der Waals surface area contributed by atoms with Crippen LogP contribution >= 0.6 is 11.6 Å². The van der Waals surface area contributed by atoms with Crippen molar-refractivity contribution in [2.24, 2.45) is 5.41 Å². The van der Waals surface area contributed by atoms with E-state index in [-0.39, 0.29) is 16.6 Å². The molecule has 6 nitrogen and oxygen atoms in total. The lowest BCUT2D eigenvalue weighted by Gasteiger charge is -2.32. The Morgan fingerprint density at radius 2 is 2.10 bits per heavy atom. The Morgan fingerprint density at radius 3 is 2.65 bits per heavy atom. The van der Waals surface area contributed by atoms with Gasteiger partial charge in [0, 0.05) is 17.2 Å². The van der Waals surface area contributed by atoms with Crippen LogP contribution in [0.5, 0.6) is 0 Å². The molecule has 0 unspecified atom stereocenters. The van der Waals surface area contributed by atoms with Crippen LogP contribution < -0.4 is 10.6 Å². The predicted molar refractivity (Wildman–Crippen MR) is 76.9 cm³/mol. The first-order valence-corrected chi connectivity index (χ1v) is 6.76. The molecule has 20 heavy (non-hydrogen) atoms. The van der Waals surface area contributed by atoms with Crippen LogP contribution in [0.2, 0.25) is 5.02 Å². The molecule has 1 fully saturated rings. The van der Waals surface area contributed by atoms with E-state index in [2.05, 4.69) is 10.6 Å². The minimum Gasteiger partial charge on any atom is -0.326 e. The molecular weight excluding hydrogens is 282 g/mol. The Balaban J connectivity index is 2.12. The average Bonchev–Trinajstić information content (AvgIpc) is 2.39. The van der Waals surface area contributed by atoms with Crippen LogP contribution in [0.1, 0.15) is 19.8 Å². The van der Waals surface area contributed by atoms with Crippen LogP contribution in [0.25, 0.3) is 0 Å². The zero-order valence-corrected chi connectivity index (χ0v) is 11.9. The van der Waals surface area contributed by atoms with Gasteiger partial charge in [0.15, 0.2) is 0 Å². The fourth-order valence-electron chi connectivity index (χ4n) is 2.22. The number of carbonyl (C=O) groups excluding carboxylic acids is 1. The molecule has 2 N–H and O–H groups in total. The summed E-state index contributed by atoms with van der Waals surface area (Å²) < 4.78 is 0. The lowest BCUT2D eigenvalue weighted by molar-refractivity contribution is -0.384. The van der Waals surface area contributed by atoms with Gasteiger partial charge in [0.25, 0.3) is 5.69 Å². The highest BCUT2D eigenvalue weighted by atomic mass is 35.5. The Labute approximate surface area is 121 Å². The van der Waals surface area contributed by atoms with Gasteiger partial charge in [-0.2, -0.15) is 0 Å². The molecule has 108 valence electrons. The van der Waals surface area contributed by atoms with E-state index < -0.39 is 10.3 Å². The van der Waals surface area contributed by atoms with Gasteiger partial charge in [0.1, 0.15) is 5.02 Å². The number of benzene rings is 1. The molecule has 0 spiro atoms. The molecule has 0 atom stereocenters. The summed E-state index contributed by atoms with van der Waals surface area (Å²) in [5.41, 5.74) is -0.109. The maximum absolute atomic E-state index is 12.3. The van der Waals surface area contributed by atoms with E-state index in [1.807, 2.05) is 6.92 Å². The molecule has 1 heterocycles. The summed E-state index contributed by atoms with van der Waals surface area (Å²) in [6, 6.07) is 4.19. The van der Waals surface area contributed by atoms with E-state index in [4.69, 9.17) is 11.6 Å². The fraction of sp³-hybridized carbons (Fsp3) is 0.462. The first-order valence-electron chi connectivity index (χ1n) is 6.38. The molecule has 1 aliphatic heterocycles. The topological polar surface area (TPSA) is 84.3 Å². The van der Waals surface area contributed by atoms with Gasteiger partial charge in [-0.25, -0.2) is 0 Å². The molecule has 0 radical (unpaired) electrons. The third-order valence-corrected chi connectivity index (χ3v) is 3.96. The number of piperidine rings is 1. The number of nitrogens with zero attached hydrogens (tertiary/aromatic N) is 1. The highest BCUT2D eigenvalue weighted by Gasteiger charge is 2.34. The molecule has 2 rings (SSSR count). The third kappa shape index (κ3) is 3.08. The smallest absolute Gasteiger partial charge is 0.288 e. The van der Waals surface area contributed by atoms with Gasteiger partial charge in [-0.05, 0) is 38.1 Å². The van der Waals surface area contributed by atoms with Crippen molar-refractivity contribution in [3.8, 4) is 0 Å². The summed E-state index contributed by atoms with van der Waals surface area (Å²) in [6.45, 7) is 3.55. The van der Waals surface area contributed by atoms with Crippen molar-refractivity contribution < 1.29 is 9.72 Å². The van der Waals surface area contributed by atoms with Crippen LogP contribution in [0.3, 0.4) is 0 Å². The predicted octanol–water partition coefficient (Wildman–Crippen LogP) is 2.58. The van der Waals surface area contributed by atoms with Crippen molar-refractivity contribution in [3.63, 3.8) is 0 Å². The Kier molecular flexibility index (Phi) is 4.25. The third-order valence-electron chi connectivity index (χ3n) is 3.66. The molecule has 7 heteroatoms. The number of anilines is 1. The van der Waals surface area contributed by atoms with E-state index in [1.165, 1.54) is 18.2 Å². The van der Waals surface area contributed by atoms with Crippen molar-refractivity contribution in [3.05, 3.63) is 33.3 Å². The van der Waals surface area contributed by atoms with Gasteiger partial charge in [-0.3, -0.25) is 14.9 Å². The van der Waals surface area contributed by atoms with Crippen molar-refractivity contribution in [1.29, 1.82) is 0 Å². The summed E-state index contributed by atoms with van der Waals surface area (Å²) in [5.74, 6) is -0.0797. The molecule has 1 saturated heterocycles. The second-order valence-corrected chi connectivity index (χ2v) is 5.60. The number of nitrogens with one attached hydrogen (secondary N) is 2. The molecule has 1 aliphatic rings. The van der Waals surface area contributed by atoms with E-state index in [0.29, 0.717) is 5.69 Å². The number of amides is 1. The lowest BCUT2D eigenvalue weighted by atomic mass is 9.80. The van der Waals surface area contributed by atoms with Crippen molar-refractivity contribution in [1.82, 2.24) is 5.32 Å². The van der Waals surface area contributed by atoms with Gasteiger partial charge < -0.3 is 10.6 Å². The number of carbonyl (C=O) groups is 1. The summed E-state index contributed by atoms with van der Waals surface area (Å²) in [4.78, 5) is 22.4. The molecule has 0 saturated carbocycles. The van der Waals surface area contributed by atoms with Gasteiger partial charge in [0.2, 0.25) is 5.91 Å². The summed E-state index contributed by atoms with van der Waals surface area (Å²) in [6.07, 6.45) is 1.53. The van der Waals surface area contributed by atoms with Crippen LogP contribution in [-0.4, -0.2) is 23.9 Å². The summed E-state index contributed by atoms with van der Waals surface area (Å²) in [5, 5.41) is 16.7. The largest absolute Gasteiger partial charge is 0.326 e. The quantitative estimate of drug-likeness (QED) is 0.663. The van der Waals surface area contributed by atoms with Crippen molar-refractivity contribution in [2.45, 2.75) is 19.8 Å². The van der Waals surface area contributed by atoms with E-state index in [1.54, 1.807) is 0 Å². The molecular formula is C13H16ClN3O3. The average molecular weight is 298 g/mol. The minimum absolute atomic E-state index is 0.0169. The maximum atomic E-state index is 12.3. The fourth-order valence-corrected chi connectivity index (χ4v) is 2.47. The summed E-state index contributed by atoms with van der Waals surface area (Å²) in [7, 11) is 0. The Hall–Kier alpha value is -1.66. The SMILES string of the molecule is CC1(C(=O)Nc2ccc([N+](=O)[O-])c(Cl)c2)CCNCC1. The number of nitro groups is 1. The van der Waals surface area contributed by atoms with E-state index in [0.717, 1.165) is 25.9 Å². The molecule has 1 aromatic carbocycles. The van der Waals surface area contributed by atoms with Gasteiger partial charge in [-0.1, -0.05) is 18.5 Å². The lowest BCUT2D eigenvalue weighted by Crippen LogP contribution is -2.42. The van der Waals surface area contributed by atoms with Gasteiger partial charge in [-0.15, -0.1) is 0 Å². The zero-order valence-electron chi connectivity index (χ0n) is 11.1. The number of halogens is 1. The molecule has 1 amide bonds. The minimum atomic E-state index is -0.554. The monoisotopic (exact) mass is 297 g/mol. The van der Waals surface area contributed by atoms with E-state index in [9.17, 15) is 14.9 Å². The second-order valence-electron chi connectivity index (χ2n) is 5.19. The molecule has 0 aliphatic carbocycles. The number of nitro benzene ring substituents is 1. The standard InChI is InChI=1S/C13H16ClN3O3/c1-13(4-6-15-7-5-13)12(18)16-9-2-3-11(17(19)20)10(14)8-9/h2-3,8,15H,4-7H2,1H3,(H,16,18). The number of rotatable bonds is 3. The van der Waals surface area contributed by atoms with Crippen LogP contribution in [0.4, 0.5) is 11.4 Å². The Bertz CT molecular complexity index is 542. The molecule has 1 aromatic rings. The van der Waals surface area contributed by atoms with Crippen LogP contribution in [0.15, 0.2) is 18.2 Å². The van der Waals surface area contributed by atoms with Crippen molar-refractivity contribution in [2.75, 3.05) is 18.4 Å². The number of hydrogen-bond acceptors (Lipinski definition) is 4. The first-order chi connectivity index (χ1) is 9.42. The molecule has 0 aromatic heterocycles. The highest BCUT2D eigenvalue weighted by Crippen LogP contribution is 2.31. The molecule has 0 bridgehead atoms. The maximum Gasteiger partial charge on any atom is 0.288 e. The number of hydrogen-bond donors (Lipinski definition) is 2. The highest BCUT2D eigenvalue weighted by molar-refractivity contribution is 6.33. The first kappa shape index (κ1) is 14.7. The summed E-state index contributed by atoms with van der Waals surface area (Å²) >= 11 is 5.83. The van der Waals surface area contributed by atoms with Crippen LogP contribution in [-0.2, 0) is 4.79 Å². The second kappa shape index (κ2) is 5.76. The van der Waals surface area contributed by atoms with Gasteiger partial charge >= 0.3 is 0 Å². The Morgan fingerprint density at radius 1 is 1.45 bits per heavy atom. The zero-order chi connectivity index (χ0) is 14.8. The van der Waals surface area contributed by atoms with E-state index >= 15 is 0 Å². The van der Waals surface area contributed by atoms with Crippen LogP contribution in [0, 0.1) is 15.5 Å².